The van der Waals surface area contributed by atoms with Gasteiger partial charge in [-0.2, -0.15) is 0 Å². The molecule has 1 heteroatoms. The topological polar surface area (TPSA) is 3.24 Å². The first-order chi connectivity index (χ1) is 27.8. The number of hydrogen-bond acceptors (Lipinski definition) is 1. The zero-order chi connectivity index (χ0) is 38.5. The lowest BCUT2D eigenvalue weighted by Gasteiger charge is -2.29. The van der Waals surface area contributed by atoms with Crippen LogP contribution in [0.2, 0.25) is 0 Å². The molecule has 0 amide bonds. The van der Waals surface area contributed by atoms with Crippen molar-refractivity contribution in [2.75, 3.05) is 4.90 Å². The van der Waals surface area contributed by atoms with E-state index < -0.39 is 0 Å². The number of rotatable bonds is 5. The van der Waals surface area contributed by atoms with Crippen LogP contribution in [0.15, 0.2) is 188 Å². The highest BCUT2D eigenvalue weighted by molar-refractivity contribution is 6.05. The minimum Gasteiger partial charge on any atom is -0.310 e. The summed E-state index contributed by atoms with van der Waals surface area (Å²) in [6.07, 6.45) is 0. The van der Waals surface area contributed by atoms with E-state index in [9.17, 15) is 0 Å². The first-order valence-corrected chi connectivity index (χ1v) is 20.2. The third-order valence-electron chi connectivity index (χ3n) is 13.1. The fraction of sp³-hybridized carbons (Fsp3) is 0.107. The van der Waals surface area contributed by atoms with Crippen LogP contribution in [0, 0.1) is 0 Å². The number of nitrogens with zero attached hydrogens (tertiary/aromatic N) is 1. The summed E-state index contributed by atoms with van der Waals surface area (Å²) in [7, 11) is 0. The highest BCUT2D eigenvalue weighted by Crippen LogP contribution is 2.59. The molecule has 0 unspecified atom stereocenters. The molecule has 0 heterocycles. The van der Waals surface area contributed by atoms with E-state index in [-0.39, 0.29) is 10.8 Å². The Morgan fingerprint density at radius 3 is 1.53 bits per heavy atom. The molecule has 1 nitrogen and oxygen atoms in total. The average molecular weight is 730 g/mol. The monoisotopic (exact) mass is 729 g/mol. The predicted molar refractivity (Wildman–Crippen MR) is 242 cm³/mol. The Hall–Kier alpha value is -6.70. The van der Waals surface area contributed by atoms with Crippen molar-refractivity contribution in [3.05, 3.63) is 210 Å². The van der Waals surface area contributed by atoms with Gasteiger partial charge in [0.25, 0.3) is 0 Å². The third kappa shape index (κ3) is 5.02. The largest absolute Gasteiger partial charge is 0.310 e. The fourth-order valence-corrected chi connectivity index (χ4v) is 10.1. The van der Waals surface area contributed by atoms with Gasteiger partial charge in [-0.3, -0.25) is 0 Å². The van der Waals surface area contributed by atoms with Crippen LogP contribution in [0.5, 0.6) is 0 Å². The molecule has 0 saturated carbocycles. The van der Waals surface area contributed by atoms with Crippen LogP contribution < -0.4 is 4.90 Å². The van der Waals surface area contributed by atoms with E-state index in [4.69, 9.17) is 0 Å². The minimum atomic E-state index is -0.186. The molecule has 0 bridgehead atoms. The molecular weight excluding hydrogens is 687 g/mol. The van der Waals surface area contributed by atoms with Crippen LogP contribution in [0.3, 0.4) is 0 Å². The molecule has 0 atom stereocenters. The zero-order valence-corrected chi connectivity index (χ0v) is 32.8. The maximum Gasteiger partial charge on any atom is 0.0543 e. The Labute approximate surface area is 335 Å². The summed E-state index contributed by atoms with van der Waals surface area (Å²) in [4.78, 5) is 2.48. The van der Waals surface area contributed by atoms with Crippen LogP contribution in [0.25, 0.3) is 66.1 Å². The molecular formula is C56H43N. The maximum absolute atomic E-state index is 2.55. The van der Waals surface area contributed by atoms with Gasteiger partial charge >= 0.3 is 0 Å². The van der Waals surface area contributed by atoms with Crippen LogP contribution in [0.4, 0.5) is 17.1 Å². The van der Waals surface area contributed by atoms with Gasteiger partial charge in [-0.25, -0.2) is 0 Å². The van der Waals surface area contributed by atoms with Crippen molar-refractivity contribution in [2.24, 2.45) is 0 Å². The average Bonchev–Trinajstić information content (AvgIpc) is 3.63. The Morgan fingerprint density at radius 1 is 0.333 bits per heavy atom. The van der Waals surface area contributed by atoms with Crippen molar-refractivity contribution in [2.45, 2.75) is 38.5 Å². The standard InChI is InChI=1S/C56H43N/c1-55(2)48-22-13-23-52(54(48)47-35-50-46(34-51(47)55)53-45-20-11-9-17-39(45)28-33-49(53)56(50,3)4)57(41-29-24-37(25-30-41)36-14-6-5-7-15-36)42-31-26-40(27-32-42)44-21-12-18-38-16-8-10-19-43(38)44/h5-35H,1-4H3. The normalized spacial score (nSPS) is 14.2. The van der Waals surface area contributed by atoms with Crippen LogP contribution in [0.1, 0.15) is 49.9 Å². The van der Waals surface area contributed by atoms with E-state index in [1.165, 1.54) is 94.0 Å². The van der Waals surface area contributed by atoms with Crippen LogP contribution in [-0.2, 0) is 10.8 Å². The first-order valence-electron chi connectivity index (χ1n) is 20.2. The predicted octanol–water partition coefficient (Wildman–Crippen LogP) is 15.4. The number of fused-ring (bicyclic) bond motifs is 9. The van der Waals surface area contributed by atoms with Crippen molar-refractivity contribution in [3.8, 4) is 44.5 Å². The molecule has 2 aliphatic rings. The molecule has 11 rings (SSSR count). The van der Waals surface area contributed by atoms with E-state index in [0.29, 0.717) is 0 Å². The molecule has 57 heavy (non-hydrogen) atoms. The van der Waals surface area contributed by atoms with Crippen LogP contribution in [-0.4, -0.2) is 0 Å². The lowest BCUT2D eigenvalue weighted by atomic mass is 9.79. The van der Waals surface area contributed by atoms with Gasteiger partial charge in [0.2, 0.25) is 0 Å². The van der Waals surface area contributed by atoms with Crippen molar-refractivity contribution >= 4 is 38.6 Å². The molecule has 9 aromatic carbocycles. The SMILES string of the molecule is CC1(C)c2cc3c(cc2-c2c(N(c4ccc(-c5ccccc5)cc4)c4ccc(-c5cccc6ccccc56)cc4)cccc21)C(C)(C)c1ccc2ccccc2c1-3. The lowest BCUT2D eigenvalue weighted by Crippen LogP contribution is -2.17. The number of hydrogen-bond donors (Lipinski definition) is 0. The molecule has 0 aliphatic heterocycles. The summed E-state index contributed by atoms with van der Waals surface area (Å²) in [5.41, 5.74) is 19.1. The van der Waals surface area contributed by atoms with Crippen molar-refractivity contribution < 1.29 is 0 Å². The highest BCUT2D eigenvalue weighted by atomic mass is 15.1. The van der Waals surface area contributed by atoms with E-state index >= 15 is 0 Å². The Kier molecular flexibility index (Phi) is 7.32. The Balaban J connectivity index is 1.11. The van der Waals surface area contributed by atoms with Crippen molar-refractivity contribution in [1.29, 1.82) is 0 Å². The molecule has 0 saturated heterocycles. The second kappa shape index (κ2) is 12.4. The van der Waals surface area contributed by atoms with Gasteiger partial charge in [0, 0.05) is 27.8 Å². The van der Waals surface area contributed by atoms with Gasteiger partial charge in [-0.05, 0) is 125 Å². The van der Waals surface area contributed by atoms with Gasteiger partial charge < -0.3 is 4.90 Å². The molecule has 0 radical (unpaired) electrons. The van der Waals surface area contributed by atoms with Gasteiger partial charge in [-0.15, -0.1) is 0 Å². The van der Waals surface area contributed by atoms with Crippen molar-refractivity contribution in [1.82, 2.24) is 0 Å². The first kappa shape index (κ1) is 33.6. The maximum atomic E-state index is 2.55. The summed E-state index contributed by atoms with van der Waals surface area (Å²) in [5.74, 6) is 0. The van der Waals surface area contributed by atoms with Gasteiger partial charge in [-0.1, -0.05) is 173 Å². The van der Waals surface area contributed by atoms with Gasteiger partial charge in [0.05, 0.1) is 5.69 Å². The van der Waals surface area contributed by atoms with E-state index in [1.807, 2.05) is 0 Å². The summed E-state index contributed by atoms with van der Waals surface area (Å²) >= 11 is 0. The van der Waals surface area contributed by atoms with E-state index in [2.05, 4.69) is 221 Å². The van der Waals surface area contributed by atoms with Crippen molar-refractivity contribution in [3.63, 3.8) is 0 Å². The molecule has 2 aliphatic carbocycles. The summed E-state index contributed by atoms with van der Waals surface area (Å²) < 4.78 is 0. The fourth-order valence-electron chi connectivity index (χ4n) is 10.1. The minimum absolute atomic E-state index is 0.129. The number of benzene rings is 9. The lowest BCUT2D eigenvalue weighted by molar-refractivity contribution is 0.652. The molecule has 9 aromatic rings. The summed E-state index contributed by atoms with van der Waals surface area (Å²) in [6.45, 7) is 9.64. The highest BCUT2D eigenvalue weighted by Gasteiger charge is 2.43. The Morgan fingerprint density at radius 2 is 0.842 bits per heavy atom. The Bertz CT molecular complexity index is 3030. The summed E-state index contributed by atoms with van der Waals surface area (Å²) in [5, 5.41) is 5.16. The van der Waals surface area contributed by atoms with E-state index in [1.54, 1.807) is 0 Å². The molecule has 0 fully saturated rings. The molecule has 0 N–H and O–H groups in total. The summed E-state index contributed by atoms with van der Waals surface area (Å²) in [6, 6.07) is 69.8. The van der Waals surface area contributed by atoms with Gasteiger partial charge in [0.1, 0.15) is 0 Å². The third-order valence-corrected chi connectivity index (χ3v) is 13.1. The smallest absolute Gasteiger partial charge is 0.0543 e. The number of anilines is 3. The second-order valence-corrected chi connectivity index (χ2v) is 16.9. The molecule has 0 aromatic heterocycles. The van der Waals surface area contributed by atoms with E-state index in [0.717, 1.165) is 11.4 Å². The van der Waals surface area contributed by atoms with Crippen LogP contribution >= 0.6 is 0 Å². The zero-order valence-electron chi connectivity index (χ0n) is 32.8. The second-order valence-electron chi connectivity index (χ2n) is 16.9. The quantitative estimate of drug-likeness (QED) is 0.170. The van der Waals surface area contributed by atoms with Gasteiger partial charge in [0.15, 0.2) is 0 Å². The molecule has 272 valence electrons. The molecule has 0 spiro atoms.